The molecular weight excluding hydrogens is 306 g/mol. The lowest BCUT2D eigenvalue weighted by atomic mass is 9.82. The topological polar surface area (TPSA) is 91.1 Å². The lowest BCUT2D eigenvalue weighted by molar-refractivity contribution is -0.136. The highest BCUT2D eigenvalue weighted by Crippen LogP contribution is 2.30. The molecule has 0 radical (unpaired) electrons. The van der Waals surface area contributed by atoms with Crippen LogP contribution in [0.1, 0.15) is 37.8 Å². The average Bonchev–Trinajstić information content (AvgIpc) is 2.64. The van der Waals surface area contributed by atoms with Crippen molar-refractivity contribution >= 4 is 11.7 Å². The van der Waals surface area contributed by atoms with E-state index in [4.69, 9.17) is 10.00 Å². The van der Waals surface area contributed by atoms with E-state index in [0.29, 0.717) is 50.2 Å². The molecule has 0 aromatic carbocycles. The number of nitriles is 1. The monoisotopic (exact) mass is 329 g/mol. The summed E-state index contributed by atoms with van der Waals surface area (Å²) in [6.45, 7) is 2.66. The molecule has 1 aromatic rings. The number of carbonyl (C=O) groups excluding carboxylic acids is 1. The van der Waals surface area contributed by atoms with Crippen molar-refractivity contribution in [1.82, 2.24) is 14.9 Å². The van der Waals surface area contributed by atoms with Gasteiger partial charge in [0.1, 0.15) is 23.9 Å². The van der Waals surface area contributed by atoms with Gasteiger partial charge in [0.2, 0.25) is 5.91 Å². The zero-order valence-corrected chi connectivity index (χ0v) is 13.8. The van der Waals surface area contributed by atoms with Crippen molar-refractivity contribution in [3.05, 3.63) is 18.1 Å². The van der Waals surface area contributed by atoms with Gasteiger partial charge >= 0.3 is 0 Å². The molecule has 1 aliphatic heterocycles. The SMILES string of the molecule is N#Cc1cc(N[C@H]2CCCC[C@H]2CC(=O)N2CCOCC2)ncn1. The van der Waals surface area contributed by atoms with Crippen LogP contribution in [-0.2, 0) is 9.53 Å². The Morgan fingerprint density at radius 3 is 2.92 bits per heavy atom. The minimum absolute atomic E-state index is 0.213. The Labute approximate surface area is 142 Å². The second kappa shape index (κ2) is 8.06. The Balaban J connectivity index is 1.62. The smallest absolute Gasteiger partial charge is 0.223 e. The normalized spacial score (nSPS) is 24.2. The van der Waals surface area contributed by atoms with E-state index >= 15 is 0 Å². The number of anilines is 1. The lowest BCUT2D eigenvalue weighted by Crippen LogP contribution is -2.43. The van der Waals surface area contributed by atoms with Crippen molar-refractivity contribution in [2.24, 2.45) is 5.92 Å². The van der Waals surface area contributed by atoms with Gasteiger partial charge in [0.25, 0.3) is 0 Å². The fourth-order valence-corrected chi connectivity index (χ4v) is 3.50. The van der Waals surface area contributed by atoms with Crippen LogP contribution in [0.4, 0.5) is 5.82 Å². The third kappa shape index (κ3) is 4.20. The molecule has 1 aromatic heterocycles. The molecule has 2 aliphatic rings. The van der Waals surface area contributed by atoms with Crippen molar-refractivity contribution < 1.29 is 9.53 Å². The molecular formula is C17H23N5O2. The van der Waals surface area contributed by atoms with E-state index in [1.165, 1.54) is 6.33 Å². The minimum Gasteiger partial charge on any atom is -0.378 e. The van der Waals surface area contributed by atoms with Crippen LogP contribution in [0.15, 0.2) is 12.4 Å². The first-order valence-corrected chi connectivity index (χ1v) is 8.60. The number of hydrogen-bond acceptors (Lipinski definition) is 6. The first kappa shape index (κ1) is 16.7. The molecule has 1 saturated carbocycles. The van der Waals surface area contributed by atoms with Crippen LogP contribution < -0.4 is 5.32 Å². The Kier molecular flexibility index (Phi) is 5.59. The number of nitrogens with one attached hydrogen (secondary N) is 1. The summed E-state index contributed by atoms with van der Waals surface area (Å²) in [5, 5.41) is 12.4. The zero-order chi connectivity index (χ0) is 16.8. The van der Waals surface area contributed by atoms with Crippen LogP contribution in [0, 0.1) is 17.2 Å². The maximum Gasteiger partial charge on any atom is 0.223 e. The molecule has 2 fully saturated rings. The highest BCUT2D eigenvalue weighted by molar-refractivity contribution is 5.76. The molecule has 3 rings (SSSR count). The lowest BCUT2D eigenvalue weighted by Gasteiger charge is -2.34. The van der Waals surface area contributed by atoms with Crippen LogP contribution >= 0.6 is 0 Å². The number of carbonyl (C=O) groups is 1. The van der Waals surface area contributed by atoms with Crippen LogP contribution in [0.25, 0.3) is 0 Å². The Hall–Kier alpha value is -2.20. The van der Waals surface area contributed by atoms with Crippen molar-refractivity contribution in [1.29, 1.82) is 5.26 Å². The maximum atomic E-state index is 12.5. The third-order valence-corrected chi connectivity index (χ3v) is 4.82. The van der Waals surface area contributed by atoms with E-state index in [2.05, 4.69) is 15.3 Å². The van der Waals surface area contributed by atoms with Gasteiger partial charge in [0.05, 0.1) is 13.2 Å². The number of morpholine rings is 1. The number of ether oxygens (including phenoxy) is 1. The molecule has 0 bridgehead atoms. The van der Waals surface area contributed by atoms with Gasteiger partial charge in [-0.2, -0.15) is 5.26 Å². The number of amides is 1. The fraction of sp³-hybridized carbons (Fsp3) is 0.647. The van der Waals surface area contributed by atoms with Gasteiger partial charge in [-0.1, -0.05) is 12.8 Å². The fourth-order valence-electron chi connectivity index (χ4n) is 3.50. The first-order chi connectivity index (χ1) is 11.8. The summed E-state index contributed by atoms with van der Waals surface area (Å²) < 4.78 is 5.32. The number of nitrogens with zero attached hydrogens (tertiary/aromatic N) is 4. The van der Waals surface area contributed by atoms with Crippen molar-refractivity contribution in [2.45, 2.75) is 38.1 Å². The summed E-state index contributed by atoms with van der Waals surface area (Å²) in [5.41, 5.74) is 0.351. The Morgan fingerprint density at radius 1 is 1.33 bits per heavy atom. The van der Waals surface area contributed by atoms with Crippen LogP contribution in [0.3, 0.4) is 0 Å². The van der Waals surface area contributed by atoms with Gasteiger partial charge in [-0.25, -0.2) is 9.97 Å². The Bertz CT molecular complexity index is 609. The van der Waals surface area contributed by atoms with Gasteiger partial charge in [0, 0.05) is 31.6 Å². The summed E-state index contributed by atoms with van der Waals surface area (Å²) in [6, 6.07) is 3.90. The van der Waals surface area contributed by atoms with Crippen LogP contribution in [-0.4, -0.2) is 53.1 Å². The molecule has 128 valence electrons. The van der Waals surface area contributed by atoms with E-state index in [9.17, 15) is 4.79 Å². The summed E-state index contributed by atoms with van der Waals surface area (Å²) in [6.07, 6.45) is 6.34. The number of hydrogen-bond donors (Lipinski definition) is 1. The zero-order valence-electron chi connectivity index (χ0n) is 13.8. The molecule has 7 nitrogen and oxygen atoms in total. The quantitative estimate of drug-likeness (QED) is 0.901. The predicted octanol–water partition coefficient (Wildman–Crippen LogP) is 1.57. The van der Waals surface area contributed by atoms with Gasteiger partial charge in [-0.05, 0) is 18.8 Å². The Morgan fingerprint density at radius 2 is 2.12 bits per heavy atom. The summed E-state index contributed by atoms with van der Waals surface area (Å²) in [5.74, 6) is 1.18. The molecule has 2 atom stereocenters. The third-order valence-electron chi connectivity index (χ3n) is 4.82. The van der Waals surface area contributed by atoms with Crippen molar-refractivity contribution in [3.63, 3.8) is 0 Å². The van der Waals surface area contributed by atoms with Gasteiger partial charge in [0.15, 0.2) is 0 Å². The first-order valence-electron chi connectivity index (χ1n) is 8.60. The standard InChI is InChI=1S/C17H23N5O2/c18-11-14-10-16(20-12-19-14)21-15-4-2-1-3-13(15)9-17(23)22-5-7-24-8-6-22/h10,12-13,15H,1-9H2,(H,19,20,21)/t13-,15-/m0/s1. The molecule has 1 N–H and O–H groups in total. The molecule has 1 amide bonds. The van der Waals surface area contributed by atoms with E-state index < -0.39 is 0 Å². The number of rotatable bonds is 4. The summed E-state index contributed by atoms with van der Waals surface area (Å²) >= 11 is 0. The summed E-state index contributed by atoms with van der Waals surface area (Å²) in [4.78, 5) is 22.5. The average molecular weight is 329 g/mol. The largest absolute Gasteiger partial charge is 0.378 e. The van der Waals surface area contributed by atoms with E-state index in [-0.39, 0.29) is 11.9 Å². The van der Waals surface area contributed by atoms with Crippen LogP contribution in [0.5, 0.6) is 0 Å². The van der Waals surface area contributed by atoms with Crippen molar-refractivity contribution in [3.8, 4) is 6.07 Å². The number of aromatic nitrogens is 2. The molecule has 2 heterocycles. The molecule has 1 saturated heterocycles. The van der Waals surface area contributed by atoms with E-state index in [1.807, 2.05) is 11.0 Å². The minimum atomic E-state index is 0.213. The maximum absolute atomic E-state index is 12.5. The predicted molar refractivity (Wildman–Crippen MR) is 88.1 cm³/mol. The van der Waals surface area contributed by atoms with Gasteiger partial charge < -0.3 is 15.0 Å². The molecule has 24 heavy (non-hydrogen) atoms. The second-order valence-corrected chi connectivity index (χ2v) is 6.39. The van der Waals surface area contributed by atoms with Gasteiger partial charge in [-0.3, -0.25) is 4.79 Å². The second-order valence-electron chi connectivity index (χ2n) is 6.39. The summed E-state index contributed by atoms with van der Waals surface area (Å²) in [7, 11) is 0. The van der Waals surface area contributed by atoms with Crippen molar-refractivity contribution in [2.75, 3.05) is 31.6 Å². The van der Waals surface area contributed by atoms with Crippen LogP contribution in [0.2, 0.25) is 0 Å². The molecule has 7 heteroatoms. The highest BCUT2D eigenvalue weighted by atomic mass is 16.5. The molecule has 0 spiro atoms. The molecule has 1 aliphatic carbocycles. The van der Waals surface area contributed by atoms with E-state index in [0.717, 1.165) is 25.7 Å². The van der Waals surface area contributed by atoms with E-state index in [1.54, 1.807) is 6.07 Å². The highest BCUT2D eigenvalue weighted by Gasteiger charge is 2.29. The molecule has 0 unspecified atom stereocenters. The van der Waals surface area contributed by atoms with Gasteiger partial charge in [-0.15, -0.1) is 0 Å².